The summed E-state index contributed by atoms with van der Waals surface area (Å²) in [5, 5.41) is 3.19. The molecule has 2 aromatic carbocycles. The summed E-state index contributed by atoms with van der Waals surface area (Å²) in [4.78, 5) is 25.6. The third-order valence-corrected chi connectivity index (χ3v) is 10.9. The number of thiophene rings is 1. The monoisotopic (exact) mass is 746 g/mol. The first kappa shape index (κ1) is 35.7. The Morgan fingerprint density at radius 3 is 2.37 bits per heavy atom. The molecule has 1 saturated heterocycles. The molecule has 2 heterocycles. The fourth-order valence-corrected chi connectivity index (χ4v) is 8.90. The number of halogens is 4. The molecular weight excluding hydrogens is 713 g/mol. The van der Waals surface area contributed by atoms with E-state index in [4.69, 9.17) is 14.2 Å². The lowest BCUT2D eigenvalue weighted by Gasteiger charge is -2.36. The van der Waals surface area contributed by atoms with Gasteiger partial charge in [0.2, 0.25) is 10.0 Å². The number of piperidine rings is 1. The van der Waals surface area contributed by atoms with Crippen LogP contribution in [0.5, 0.6) is 5.75 Å². The van der Waals surface area contributed by atoms with E-state index < -0.39 is 57.7 Å². The largest absolute Gasteiger partial charge is 0.479 e. The van der Waals surface area contributed by atoms with Crippen molar-refractivity contribution in [1.29, 1.82) is 0 Å². The van der Waals surface area contributed by atoms with Gasteiger partial charge in [-0.15, -0.1) is 11.3 Å². The van der Waals surface area contributed by atoms with Gasteiger partial charge in [0.15, 0.2) is 17.2 Å². The van der Waals surface area contributed by atoms with E-state index in [1.54, 1.807) is 45.0 Å². The van der Waals surface area contributed by atoms with E-state index in [2.05, 4.69) is 21.2 Å². The number of methoxy groups -OCH3 is 1. The van der Waals surface area contributed by atoms with Gasteiger partial charge in [-0.05, 0) is 92.0 Å². The SMILES string of the molecule is COC(=O)c1sc(-c2cccc(N(C3CCNCC3)S(=O)(=O)Cc3ccccc3C(F)(F)F)c2)c(Br)c1OCC(=O)OC(C)(C)C. The zero-order valence-electron chi connectivity index (χ0n) is 25.6. The molecule has 0 aliphatic carbocycles. The van der Waals surface area contributed by atoms with Gasteiger partial charge in [-0.25, -0.2) is 18.0 Å². The summed E-state index contributed by atoms with van der Waals surface area (Å²) in [6.45, 7) is 5.70. The highest BCUT2D eigenvalue weighted by molar-refractivity contribution is 9.10. The first-order chi connectivity index (χ1) is 21.5. The van der Waals surface area contributed by atoms with Gasteiger partial charge in [-0.1, -0.05) is 30.3 Å². The second kappa shape index (κ2) is 14.3. The molecule has 3 aromatic rings. The number of hydrogen-bond acceptors (Lipinski definition) is 9. The van der Waals surface area contributed by atoms with E-state index in [0.717, 1.165) is 17.4 Å². The van der Waals surface area contributed by atoms with Crippen LogP contribution in [-0.4, -0.2) is 58.8 Å². The Morgan fingerprint density at radius 2 is 1.74 bits per heavy atom. The van der Waals surface area contributed by atoms with Crippen molar-refractivity contribution in [2.24, 2.45) is 0 Å². The van der Waals surface area contributed by atoms with Gasteiger partial charge in [0, 0.05) is 6.04 Å². The number of rotatable bonds is 10. The smallest absolute Gasteiger partial charge is 0.416 e. The van der Waals surface area contributed by atoms with Crippen LogP contribution < -0.4 is 14.4 Å². The summed E-state index contributed by atoms with van der Waals surface area (Å²) in [6, 6.07) is 10.7. The third kappa shape index (κ3) is 8.60. The van der Waals surface area contributed by atoms with E-state index in [1.807, 2.05) is 0 Å². The Morgan fingerprint density at radius 1 is 1.07 bits per heavy atom. The van der Waals surface area contributed by atoms with Crippen molar-refractivity contribution >= 4 is 54.9 Å². The summed E-state index contributed by atoms with van der Waals surface area (Å²) >= 11 is 4.48. The maximum atomic E-state index is 14.0. The van der Waals surface area contributed by atoms with Crippen molar-refractivity contribution in [3.8, 4) is 16.2 Å². The highest BCUT2D eigenvalue weighted by Crippen LogP contribution is 2.47. The normalized spacial score (nSPS) is 14.5. The van der Waals surface area contributed by atoms with E-state index in [1.165, 1.54) is 29.6 Å². The molecule has 15 heteroatoms. The molecule has 0 saturated carbocycles. The van der Waals surface area contributed by atoms with E-state index in [0.29, 0.717) is 40.8 Å². The number of nitrogens with one attached hydrogen (secondary N) is 1. The van der Waals surface area contributed by atoms with Crippen LogP contribution in [0, 0.1) is 0 Å². The minimum absolute atomic E-state index is 0.0507. The topological polar surface area (TPSA) is 111 Å². The molecule has 0 atom stereocenters. The summed E-state index contributed by atoms with van der Waals surface area (Å²) < 4.78 is 86.9. The molecule has 1 aliphatic rings. The van der Waals surface area contributed by atoms with E-state index in [-0.39, 0.29) is 21.9 Å². The lowest BCUT2D eigenvalue weighted by Crippen LogP contribution is -2.46. The van der Waals surface area contributed by atoms with Crippen LogP contribution in [0.1, 0.15) is 54.4 Å². The van der Waals surface area contributed by atoms with Gasteiger partial charge in [0.05, 0.1) is 33.5 Å². The molecule has 0 bridgehead atoms. The minimum atomic E-state index is -4.72. The number of carbonyl (C=O) groups is 2. The average molecular weight is 748 g/mol. The lowest BCUT2D eigenvalue weighted by molar-refractivity contribution is -0.157. The molecule has 250 valence electrons. The van der Waals surface area contributed by atoms with Crippen LogP contribution in [0.25, 0.3) is 10.4 Å². The summed E-state index contributed by atoms with van der Waals surface area (Å²) in [5.41, 5.74) is -1.35. The molecule has 1 aromatic heterocycles. The minimum Gasteiger partial charge on any atom is -0.479 e. The van der Waals surface area contributed by atoms with Gasteiger partial charge in [0.1, 0.15) is 5.60 Å². The molecule has 4 rings (SSSR count). The molecule has 46 heavy (non-hydrogen) atoms. The number of benzene rings is 2. The molecule has 1 N–H and O–H groups in total. The van der Waals surface area contributed by atoms with Crippen molar-refractivity contribution < 1.29 is 45.4 Å². The predicted octanol–water partition coefficient (Wildman–Crippen LogP) is 6.79. The van der Waals surface area contributed by atoms with Crippen LogP contribution in [-0.2, 0) is 36.2 Å². The van der Waals surface area contributed by atoms with Crippen LogP contribution in [0.15, 0.2) is 53.0 Å². The number of ether oxygens (including phenoxy) is 3. The van der Waals surface area contributed by atoms with Crippen molar-refractivity contribution in [3.05, 3.63) is 69.0 Å². The van der Waals surface area contributed by atoms with Crippen LogP contribution in [0.3, 0.4) is 0 Å². The second-order valence-electron chi connectivity index (χ2n) is 11.5. The number of carbonyl (C=O) groups excluding carboxylic acids is 2. The first-order valence-electron chi connectivity index (χ1n) is 14.3. The third-order valence-electron chi connectivity index (χ3n) is 6.90. The number of alkyl halides is 3. The first-order valence-corrected chi connectivity index (χ1v) is 17.5. The van der Waals surface area contributed by atoms with Crippen molar-refractivity contribution in [2.75, 3.05) is 31.1 Å². The molecule has 1 fully saturated rings. The number of hydrogen-bond donors (Lipinski definition) is 1. The van der Waals surface area contributed by atoms with E-state index in [9.17, 15) is 31.2 Å². The predicted molar refractivity (Wildman–Crippen MR) is 173 cm³/mol. The average Bonchev–Trinajstić information content (AvgIpc) is 3.30. The Kier molecular flexibility index (Phi) is 11.1. The van der Waals surface area contributed by atoms with Gasteiger partial charge < -0.3 is 19.5 Å². The quantitative estimate of drug-likeness (QED) is 0.226. The molecular formula is C31H34BrF3N2O7S2. The highest BCUT2D eigenvalue weighted by atomic mass is 79.9. The summed E-state index contributed by atoms with van der Waals surface area (Å²) in [5.74, 6) is -2.17. The molecule has 0 unspecified atom stereocenters. The standard InChI is InChI=1S/C31H34BrF3N2O7S2/c1-30(2,3)44-24(38)17-43-26-25(32)27(45-28(26)29(39)42-4)19-9-7-10-22(16-19)37(21-12-14-36-15-13-21)46(40,41)18-20-8-5-6-11-23(20)31(33,34)35/h5-11,16,21,36H,12-15,17-18H2,1-4H3. The van der Waals surface area contributed by atoms with Gasteiger partial charge in [-0.3, -0.25) is 4.31 Å². The summed E-state index contributed by atoms with van der Waals surface area (Å²) in [6.07, 6.45) is -3.83. The van der Waals surface area contributed by atoms with Crippen molar-refractivity contribution in [2.45, 2.75) is 57.2 Å². The maximum Gasteiger partial charge on any atom is 0.416 e. The number of esters is 2. The molecule has 0 amide bonds. The van der Waals surface area contributed by atoms with Crippen molar-refractivity contribution in [3.63, 3.8) is 0 Å². The molecule has 1 aliphatic heterocycles. The Labute approximate surface area is 278 Å². The second-order valence-corrected chi connectivity index (χ2v) is 15.2. The number of nitrogens with zero attached hydrogens (tertiary/aromatic N) is 1. The molecule has 9 nitrogen and oxygen atoms in total. The fraction of sp³-hybridized carbons (Fsp3) is 0.419. The van der Waals surface area contributed by atoms with Gasteiger partial charge >= 0.3 is 18.1 Å². The number of anilines is 1. The zero-order chi connectivity index (χ0) is 33.9. The van der Waals surface area contributed by atoms with E-state index >= 15 is 0 Å². The lowest BCUT2D eigenvalue weighted by atomic mass is 10.1. The summed E-state index contributed by atoms with van der Waals surface area (Å²) in [7, 11) is -3.13. The number of sulfonamides is 1. The van der Waals surface area contributed by atoms with Gasteiger partial charge in [-0.2, -0.15) is 13.2 Å². The van der Waals surface area contributed by atoms with Crippen LogP contribution in [0.4, 0.5) is 18.9 Å². The van der Waals surface area contributed by atoms with Crippen LogP contribution >= 0.6 is 27.3 Å². The maximum absolute atomic E-state index is 14.0. The Hall–Kier alpha value is -3.14. The Bertz CT molecular complexity index is 1680. The molecule has 0 spiro atoms. The zero-order valence-corrected chi connectivity index (χ0v) is 28.8. The highest BCUT2D eigenvalue weighted by Gasteiger charge is 2.37. The fourth-order valence-electron chi connectivity index (χ4n) is 5.05. The van der Waals surface area contributed by atoms with Crippen LogP contribution in [0.2, 0.25) is 0 Å². The Balaban J connectivity index is 1.75. The molecule has 0 radical (unpaired) electrons. The van der Waals surface area contributed by atoms with Crippen molar-refractivity contribution in [1.82, 2.24) is 5.32 Å². The van der Waals surface area contributed by atoms with Gasteiger partial charge in [0.25, 0.3) is 0 Å².